The van der Waals surface area contributed by atoms with Crippen LogP contribution < -0.4 is 15.4 Å². The molecule has 0 bridgehead atoms. The van der Waals surface area contributed by atoms with Crippen LogP contribution in [-0.4, -0.2) is 36.3 Å². The summed E-state index contributed by atoms with van der Waals surface area (Å²) in [5, 5.41) is 18.9. The van der Waals surface area contributed by atoms with Crippen molar-refractivity contribution in [1.29, 1.82) is 5.26 Å². The number of hydrogen-bond donors (Lipinski definition) is 2. The number of nitriles is 1. The lowest BCUT2D eigenvalue weighted by Gasteiger charge is -2.23. The largest absolute Gasteiger partial charge is 0.492 e. The standard InChI is InChI=1S/C26H26ClF3N4O4/c1-15(32)19(12-33-21-10-17(26(28,29)30)5-7-20(21)27)24(37)34(13-23(35)36)18-6-8-22(16(9-18)11-31)38-14-25(2,3)4/h5-10,12H,13-14,32H2,1-4H3,(H,35,36). The molecule has 0 saturated heterocycles. The molecule has 0 aromatic heterocycles. The zero-order valence-corrected chi connectivity index (χ0v) is 21.8. The van der Waals surface area contributed by atoms with Crippen molar-refractivity contribution in [2.75, 3.05) is 18.1 Å². The molecule has 1 amide bonds. The molecule has 0 aliphatic heterocycles. The van der Waals surface area contributed by atoms with Crippen molar-refractivity contribution in [1.82, 2.24) is 0 Å². The van der Waals surface area contributed by atoms with Crippen LogP contribution in [0.3, 0.4) is 0 Å². The van der Waals surface area contributed by atoms with Crippen LogP contribution in [0.15, 0.2) is 52.7 Å². The van der Waals surface area contributed by atoms with Crippen molar-refractivity contribution in [2.24, 2.45) is 16.1 Å². The van der Waals surface area contributed by atoms with Crippen molar-refractivity contribution in [3.8, 4) is 11.8 Å². The Bertz CT molecular complexity index is 1320. The fourth-order valence-corrected chi connectivity index (χ4v) is 3.17. The lowest BCUT2D eigenvalue weighted by molar-refractivity contribution is -0.137. The number of amides is 1. The summed E-state index contributed by atoms with van der Waals surface area (Å²) in [5.41, 5.74) is 4.14. The molecular formula is C26H26ClF3N4O4. The SMILES string of the molecule is CC(N)=C(C=Nc1cc(C(F)(F)F)ccc1Cl)C(=O)N(CC(=O)O)c1ccc(OCC(C)(C)C)c(C#N)c1. The van der Waals surface area contributed by atoms with Crippen molar-refractivity contribution >= 4 is 41.1 Å². The Hall–Kier alpha value is -4.04. The molecule has 0 spiro atoms. The molecule has 2 aromatic rings. The van der Waals surface area contributed by atoms with Crippen LogP contribution in [0.1, 0.15) is 38.8 Å². The Morgan fingerprint density at radius 1 is 1.21 bits per heavy atom. The molecule has 0 atom stereocenters. The van der Waals surface area contributed by atoms with Gasteiger partial charge in [-0.1, -0.05) is 32.4 Å². The molecular weight excluding hydrogens is 525 g/mol. The number of alkyl halides is 3. The molecule has 38 heavy (non-hydrogen) atoms. The maximum Gasteiger partial charge on any atom is 0.416 e. The summed E-state index contributed by atoms with van der Waals surface area (Å²) < 4.78 is 45.0. The third-order valence-electron chi connectivity index (χ3n) is 4.86. The third-order valence-corrected chi connectivity index (χ3v) is 5.18. The van der Waals surface area contributed by atoms with Gasteiger partial charge < -0.3 is 15.6 Å². The first-order valence-electron chi connectivity index (χ1n) is 11.1. The highest BCUT2D eigenvalue weighted by Gasteiger charge is 2.31. The molecule has 3 N–H and O–H groups in total. The minimum absolute atomic E-state index is 0.0568. The quantitative estimate of drug-likeness (QED) is 0.320. The van der Waals surface area contributed by atoms with E-state index in [-0.39, 0.29) is 44.4 Å². The van der Waals surface area contributed by atoms with Gasteiger partial charge in [0.25, 0.3) is 5.91 Å². The zero-order chi connectivity index (χ0) is 28.8. The number of aliphatic carboxylic acids is 1. The lowest BCUT2D eigenvalue weighted by Crippen LogP contribution is -2.38. The molecule has 2 rings (SSSR count). The number of nitrogens with two attached hydrogens (primary N) is 1. The summed E-state index contributed by atoms with van der Waals surface area (Å²) in [6, 6.07) is 8.61. The highest BCUT2D eigenvalue weighted by molar-refractivity contribution is 6.33. The van der Waals surface area contributed by atoms with E-state index in [1.807, 2.05) is 26.8 Å². The fourth-order valence-electron chi connectivity index (χ4n) is 3.00. The summed E-state index contributed by atoms with van der Waals surface area (Å²) >= 11 is 5.97. The van der Waals surface area contributed by atoms with Gasteiger partial charge in [0.2, 0.25) is 0 Å². The number of benzene rings is 2. The first kappa shape index (κ1) is 30.2. The molecule has 0 radical (unpaired) electrons. The Morgan fingerprint density at radius 2 is 1.87 bits per heavy atom. The van der Waals surface area contributed by atoms with Gasteiger partial charge >= 0.3 is 12.1 Å². The molecule has 0 heterocycles. The summed E-state index contributed by atoms with van der Waals surface area (Å²) in [6.07, 6.45) is -3.73. The molecule has 0 aliphatic carbocycles. The van der Waals surface area contributed by atoms with Gasteiger partial charge in [-0.15, -0.1) is 0 Å². The van der Waals surface area contributed by atoms with Crippen molar-refractivity contribution in [2.45, 2.75) is 33.9 Å². The second-order valence-electron chi connectivity index (χ2n) is 9.45. The van der Waals surface area contributed by atoms with Crippen LogP contribution in [0.5, 0.6) is 5.75 Å². The van der Waals surface area contributed by atoms with E-state index in [0.29, 0.717) is 12.7 Å². The Kier molecular flexibility index (Phi) is 9.53. The molecule has 8 nitrogen and oxygen atoms in total. The van der Waals surface area contributed by atoms with Crippen LogP contribution in [0, 0.1) is 16.7 Å². The van der Waals surface area contributed by atoms with Gasteiger partial charge in [0.1, 0.15) is 18.4 Å². The molecule has 0 fully saturated rings. The predicted molar refractivity (Wildman–Crippen MR) is 138 cm³/mol. The Labute approximate surface area is 222 Å². The highest BCUT2D eigenvalue weighted by Crippen LogP contribution is 2.35. The van der Waals surface area contributed by atoms with Crippen molar-refractivity contribution < 1.29 is 32.6 Å². The molecule has 2 aromatic carbocycles. The number of anilines is 1. The molecule has 0 aliphatic rings. The lowest BCUT2D eigenvalue weighted by atomic mass is 9.98. The van der Waals surface area contributed by atoms with Crippen LogP contribution in [0.25, 0.3) is 0 Å². The van der Waals surface area contributed by atoms with E-state index in [9.17, 15) is 33.1 Å². The van der Waals surface area contributed by atoms with E-state index in [1.165, 1.54) is 25.1 Å². The number of ether oxygens (including phenoxy) is 1. The highest BCUT2D eigenvalue weighted by atomic mass is 35.5. The smallest absolute Gasteiger partial charge is 0.416 e. The first-order valence-corrected chi connectivity index (χ1v) is 11.5. The van der Waals surface area contributed by atoms with Gasteiger partial charge in [-0.05, 0) is 48.7 Å². The van der Waals surface area contributed by atoms with Crippen LogP contribution >= 0.6 is 11.6 Å². The average Bonchev–Trinajstić information content (AvgIpc) is 2.80. The minimum Gasteiger partial charge on any atom is -0.492 e. The number of allylic oxidation sites excluding steroid dienone is 1. The maximum absolute atomic E-state index is 13.4. The van der Waals surface area contributed by atoms with Crippen LogP contribution in [-0.2, 0) is 15.8 Å². The van der Waals surface area contributed by atoms with E-state index in [1.54, 1.807) is 0 Å². The fraction of sp³-hybridized carbons (Fsp3) is 0.308. The summed E-state index contributed by atoms with van der Waals surface area (Å²) in [7, 11) is 0. The number of hydrogen-bond acceptors (Lipinski definition) is 6. The van der Waals surface area contributed by atoms with E-state index in [4.69, 9.17) is 22.1 Å². The number of rotatable bonds is 8. The van der Waals surface area contributed by atoms with Gasteiger partial charge in [-0.25, -0.2) is 0 Å². The predicted octanol–water partition coefficient (Wildman–Crippen LogP) is 5.71. The van der Waals surface area contributed by atoms with Gasteiger partial charge in [0.15, 0.2) is 0 Å². The van der Waals surface area contributed by atoms with Gasteiger partial charge in [0.05, 0.1) is 34.0 Å². The number of aliphatic imine (C=N–C) groups is 1. The van der Waals surface area contributed by atoms with Gasteiger partial charge in [-0.3, -0.25) is 19.5 Å². The Balaban J connectivity index is 2.49. The summed E-state index contributed by atoms with van der Waals surface area (Å²) in [5.74, 6) is -2.02. The Morgan fingerprint density at radius 3 is 2.39 bits per heavy atom. The van der Waals surface area contributed by atoms with Crippen molar-refractivity contribution in [3.63, 3.8) is 0 Å². The van der Waals surface area contributed by atoms with Crippen LogP contribution in [0.2, 0.25) is 5.02 Å². The van der Waals surface area contributed by atoms with Crippen LogP contribution in [0.4, 0.5) is 24.5 Å². The number of carbonyl (C=O) groups is 2. The number of carboxylic acids is 1. The minimum atomic E-state index is -4.65. The monoisotopic (exact) mass is 550 g/mol. The normalized spacial score (nSPS) is 12.6. The first-order chi connectivity index (χ1) is 17.5. The number of halogens is 4. The molecule has 0 unspecified atom stereocenters. The molecule has 12 heteroatoms. The second kappa shape index (κ2) is 12.0. The van der Waals surface area contributed by atoms with Gasteiger partial charge in [-0.2, -0.15) is 18.4 Å². The van der Waals surface area contributed by atoms with E-state index >= 15 is 0 Å². The van der Waals surface area contributed by atoms with E-state index in [0.717, 1.165) is 23.2 Å². The second-order valence-corrected chi connectivity index (χ2v) is 9.85. The zero-order valence-electron chi connectivity index (χ0n) is 21.1. The average molecular weight is 551 g/mol. The summed E-state index contributed by atoms with van der Waals surface area (Å²) in [6.45, 7) is 6.66. The number of carbonyl (C=O) groups excluding carboxylic acids is 1. The third kappa shape index (κ3) is 8.24. The van der Waals surface area contributed by atoms with Gasteiger partial charge in [0, 0.05) is 17.6 Å². The number of nitrogens with zero attached hydrogens (tertiary/aromatic N) is 3. The van der Waals surface area contributed by atoms with E-state index < -0.39 is 30.2 Å². The maximum atomic E-state index is 13.4. The van der Waals surface area contributed by atoms with E-state index in [2.05, 4.69) is 4.99 Å². The van der Waals surface area contributed by atoms with Crippen molar-refractivity contribution in [3.05, 3.63) is 63.8 Å². The molecule has 0 saturated carbocycles. The summed E-state index contributed by atoms with van der Waals surface area (Å²) in [4.78, 5) is 29.7. The topological polar surface area (TPSA) is 129 Å². The molecule has 202 valence electrons. The number of carboxylic acid groups (broad SMARTS) is 1.